The fraction of sp³-hybridized carbons (Fsp3) is 0.250. The lowest BCUT2D eigenvalue weighted by Gasteiger charge is -2.19. The summed E-state index contributed by atoms with van der Waals surface area (Å²) in [6, 6.07) is 14.5. The second-order valence-corrected chi connectivity index (χ2v) is 7.15. The van der Waals surface area contributed by atoms with Crippen LogP contribution in [-0.4, -0.2) is 31.2 Å². The van der Waals surface area contributed by atoms with Gasteiger partial charge in [0.05, 0.1) is 12.3 Å². The first kappa shape index (κ1) is 22.4. The van der Waals surface area contributed by atoms with Gasteiger partial charge < -0.3 is 15.2 Å². The van der Waals surface area contributed by atoms with Crippen LogP contribution in [0.3, 0.4) is 0 Å². The van der Waals surface area contributed by atoms with E-state index >= 15 is 0 Å². The number of nitrogens with two attached hydrogens (primary N) is 1. The molecule has 1 heterocycles. The number of benzene rings is 2. The number of methoxy groups -OCH3 is 1. The summed E-state index contributed by atoms with van der Waals surface area (Å²) in [6.07, 6.45) is 1.85. The molecule has 0 aliphatic carbocycles. The molecule has 2 aromatic carbocycles. The summed E-state index contributed by atoms with van der Waals surface area (Å²) in [7, 11) is 1.61. The molecule has 0 bridgehead atoms. The normalized spacial score (nSPS) is 11.8. The summed E-state index contributed by atoms with van der Waals surface area (Å²) in [5, 5.41) is 0. The van der Waals surface area contributed by atoms with Gasteiger partial charge in [0.1, 0.15) is 24.0 Å². The number of carbonyl (C=O) groups excluding carboxylic acids is 1. The minimum absolute atomic E-state index is 0.000355. The first-order valence-corrected chi connectivity index (χ1v) is 9.86. The van der Waals surface area contributed by atoms with Crippen molar-refractivity contribution in [3.63, 3.8) is 0 Å². The summed E-state index contributed by atoms with van der Waals surface area (Å²) in [6.45, 7) is 0.933. The number of halogens is 2. The molecule has 0 aliphatic heterocycles. The Hall–Kier alpha value is -3.32. The zero-order valence-electron chi connectivity index (χ0n) is 17.2. The van der Waals surface area contributed by atoms with E-state index in [1.807, 2.05) is 30.3 Å². The smallest absolute Gasteiger partial charge is 0.218 e. The number of nitrogens with zero attached hydrogens (tertiary/aromatic N) is 1. The van der Waals surface area contributed by atoms with E-state index in [0.717, 1.165) is 17.2 Å². The second kappa shape index (κ2) is 10.6. The Morgan fingerprint density at radius 3 is 2.42 bits per heavy atom. The second-order valence-electron chi connectivity index (χ2n) is 7.15. The molecule has 0 saturated carbocycles. The molecular formula is C24H24F2N2O3. The van der Waals surface area contributed by atoms with Gasteiger partial charge in [-0.15, -0.1) is 0 Å². The maximum absolute atomic E-state index is 13.7. The summed E-state index contributed by atoms with van der Waals surface area (Å²) >= 11 is 0. The number of amides is 1. The first-order chi connectivity index (χ1) is 15.0. The van der Waals surface area contributed by atoms with Gasteiger partial charge in [0.25, 0.3) is 0 Å². The Labute approximate surface area is 179 Å². The molecule has 3 rings (SSSR count). The van der Waals surface area contributed by atoms with Gasteiger partial charge in [0.15, 0.2) is 0 Å². The van der Waals surface area contributed by atoms with Crippen LogP contribution < -0.4 is 10.5 Å². The Morgan fingerprint density at radius 1 is 1.06 bits per heavy atom. The van der Waals surface area contributed by atoms with E-state index in [4.69, 9.17) is 15.2 Å². The topological polar surface area (TPSA) is 74.4 Å². The maximum atomic E-state index is 13.7. The molecule has 1 aromatic heterocycles. The van der Waals surface area contributed by atoms with Crippen LogP contribution in [0.5, 0.6) is 5.75 Å². The SMILES string of the molecule is COCCOc1ccc(-c2cccnc2[C@H](CC(N)=O)Cc2cc(F)cc(F)c2)cc1. The van der Waals surface area contributed by atoms with Crippen LogP contribution >= 0.6 is 0 Å². The van der Waals surface area contributed by atoms with E-state index in [1.165, 1.54) is 12.1 Å². The lowest BCUT2D eigenvalue weighted by Crippen LogP contribution is -2.18. The maximum Gasteiger partial charge on any atom is 0.218 e. The van der Waals surface area contributed by atoms with Crippen LogP contribution in [0.15, 0.2) is 60.8 Å². The number of ether oxygens (including phenoxy) is 2. The highest BCUT2D eigenvalue weighted by Crippen LogP contribution is 2.33. The number of pyridine rings is 1. The van der Waals surface area contributed by atoms with Crippen molar-refractivity contribution in [2.24, 2.45) is 5.73 Å². The average Bonchev–Trinajstić information content (AvgIpc) is 2.73. The van der Waals surface area contributed by atoms with E-state index in [-0.39, 0.29) is 12.8 Å². The fourth-order valence-corrected chi connectivity index (χ4v) is 3.48. The highest BCUT2D eigenvalue weighted by atomic mass is 19.1. The molecule has 0 fully saturated rings. The Kier molecular flexibility index (Phi) is 7.67. The van der Waals surface area contributed by atoms with Gasteiger partial charge in [0, 0.05) is 37.3 Å². The molecule has 2 N–H and O–H groups in total. The summed E-state index contributed by atoms with van der Waals surface area (Å²) in [5.41, 5.74) is 8.23. The molecule has 1 atom stereocenters. The number of hydrogen-bond acceptors (Lipinski definition) is 4. The highest BCUT2D eigenvalue weighted by Gasteiger charge is 2.21. The predicted octanol–water partition coefficient (Wildman–Crippen LogP) is 4.25. The van der Waals surface area contributed by atoms with Crippen molar-refractivity contribution >= 4 is 5.91 Å². The van der Waals surface area contributed by atoms with Crippen molar-refractivity contribution in [2.45, 2.75) is 18.8 Å². The number of rotatable bonds is 10. The molecule has 0 aliphatic rings. The highest BCUT2D eigenvalue weighted by molar-refractivity contribution is 5.76. The van der Waals surface area contributed by atoms with Crippen molar-refractivity contribution in [3.05, 3.63) is 83.7 Å². The third-order valence-electron chi connectivity index (χ3n) is 4.80. The largest absolute Gasteiger partial charge is 0.491 e. The van der Waals surface area contributed by atoms with E-state index in [2.05, 4.69) is 4.98 Å². The monoisotopic (exact) mass is 426 g/mol. The Morgan fingerprint density at radius 2 is 1.77 bits per heavy atom. The van der Waals surface area contributed by atoms with Crippen LogP contribution in [-0.2, 0) is 16.0 Å². The van der Waals surface area contributed by atoms with Crippen molar-refractivity contribution < 1.29 is 23.0 Å². The zero-order chi connectivity index (χ0) is 22.2. The molecule has 0 radical (unpaired) electrons. The van der Waals surface area contributed by atoms with Gasteiger partial charge in [-0.1, -0.05) is 18.2 Å². The zero-order valence-corrected chi connectivity index (χ0v) is 17.2. The van der Waals surface area contributed by atoms with Gasteiger partial charge in [-0.25, -0.2) is 8.78 Å². The molecule has 7 heteroatoms. The van der Waals surface area contributed by atoms with Crippen molar-refractivity contribution in [3.8, 4) is 16.9 Å². The van der Waals surface area contributed by atoms with E-state index in [9.17, 15) is 13.6 Å². The molecule has 31 heavy (non-hydrogen) atoms. The minimum Gasteiger partial charge on any atom is -0.491 e. The van der Waals surface area contributed by atoms with Crippen molar-refractivity contribution in [1.82, 2.24) is 4.98 Å². The van der Waals surface area contributed by atoms with Crippen LogP contribution in [0.25, 0.3) is 11.1 Å². The predicted molar refractivity (Wildman–Crippen MR) is 114 cm³/mol. The lowest BCUT2D eigenvalue weighted by atomic mass is 9.88. The lowest BCUT2D eigenvalue weighted by molar-refractivity contribution is -0.118. The van der Waals surface area contributed by atoms with Crippen LogP contribution in [0.1, 0.15) is 23.6 Å². The molecule has 1 amide bonds. The quantitative estimate of drug-likeness (QED) is 0.492. The van der Waals surface area contributed by atoms with Gasteiger partial charge >= 0.3 is 0 Å². The van der Waals surface area contributed by atoms with E-state index in [1.54, 1.807) is 19.4 Å². The number of hydrogen-bond donors (Lipinski definition) is 1. The van der Waals surface area contributed by atoms with Gasteiger partial charge in [0.2, 0.25) is 5.91 Å². The van der Waals surface area contributed by atoms with Crippen LogP contribution in [0.2, 0.25) is 0 Å². The summed E-state index contributed by atoms with van der Waals surface area (Å²) in [5.74, 6) is -1.58. The Balaban J connectivity index is 1.91. The number of aromatic nitrogens is 1. The van der Waals surface area contributed by atoms with Gasteiger partial charge in [-0.2, -0.15) is 0 Å². The van der Waals surface area contributed by atoms with Crippen LogP contribution in [0, 0.1) is 11.6 Å². The standard InChI is InChI=1S/C24H24F2N2O3/c1-30-9-10-31-21-6-4-17(5-7-21)22-3-2-8-28-24(22)18(14-23(27)29)11-16-12-19(25)15-20(26)13-16/h2-8,12-13,15,18H,9-11,14H2,1H3,(H2,27,29)/t18-/m0/s1. The third kappa shape index (κ3) is 6.33. The average molecular weight is 426 g/mol. The Bertz CT molecular complexity index is 1010. The van der Waals surface area contributed by atoms with Crippen molar-refractivity contribution in [1.29, 1.82) is 0 Å². The molecule has 3 aromatic rings. The molecule has 162 valence electrons. The van der Waals surface area contributed by atoms with Crippen molar-refractivity contribution in [2.75, 3.05) is 20.3 Å². The third-order valence-corrected chi connectivity index (χ3v) is 4.80. The molecular weight excluding hydrogens is 402 g/mol. The molecule has 0 spiro atoms. The summed E-state index contributed by atoms with van der Waals surface area (Å²) in [4.78, 5) is 16.2. The molecule has 0 saturated heterocycles. The first-order valence-electron chi connectivity index (χ1n) is 9.86. The molecule has 5 nitrogen and oxygen atoms in total. The minimum atomic E-state index is -0.668. The van der Waals surface area contributed by atoms with E-state index in [0.29, 0.717) is 30.2 Å². The molecule has 0 unspecified atom stereocenters. The summed E-state index contributed by atoms with van der Waals surface area (Å²) < 4.78 is 37.9. The van der Waals surface area contributed by atoms with Crippen LogP contribution in [0.4, 0.5) is 8.78 Å². The van der Waals surface area contributed by atoms with Gasteiger partial charge in [-0.05, 0) is 47.9 Å². The number of primary amides is 1. The number of carbonyl (C=O) groups is 1. The fourth-order valence-electron chi connectivity index (χ4n) is 3.48. The van der Waals surface area contributed by atoms with E-state index < -0.39 is 23.5 Å². The van der Waals surface area contributed by atoms with Gasteiger partial charge in [-0.3, -0.25) is 9.78 Å².